The van der Waals surface area contributed by atoms with Gasteiger partial charge in [0, 0.05) is 19.2 Å². The molecule has 2 rings (SSSR count). The minimum atomic E-state index is -3.73. The van der Waals surface area contributed by atoms with Crippen molar-refractivity contribution in [3.63, 3.8) is 0 Å². The van der Waals surface area contributed by atoms with Crippen molar-refractivity contribution in [3.8, 4) is 11.5 Å². The number of carbonyl (C=O) groups is 1. The molecule has 0 amide bonds. The van der Waals surface area contributed by atoms with Gasteiger partial charge in [0.05, 0.1) is 25.0 Å². The lowest BCUT2D eigenvalue weighted by Gasteiger charge is -2.17. The second-order valence-corrected chi connectivity index (χ2v) is 6.64. The molecule has 0 saturated carbocycles. The molecule has 1 aliphatic rings. The van der Waals surface area contributed by atoms with E-state index < -0.39 is 21.9 Å². The maximum absolute atomic E-state index is 12.5. The zero-order chi connectivity index (χ0) is 15.6. The Morgan fingerprint density at radius 3 is 2.48 bits per heavy atom. The number of aliphatic carboxylic acids is 1. The van der Waals surface area contributed by atoms with Crippen LogP contribution in [0.2, 0.25) is 0 Å². The maximum Gasteiger partial charge on any atom is 0.307 e. The average molecular weight is 315 g/mol. The van der Waals surface area contributed by atoms with Crippen molar-refractivity contribution in [3.05, 3.63) is 18.2 Å². The predicted octanol–water partition coefficient (Wildman–Crippen LogP) is 0.799. The van der Waals surface area contributed by atoms with E-state index in [9.17, 15) is 13.2 Å². The minimum Gasteiger partial charge on any atom is -0.493 e. The smallest absolute Gasteiger partial charge is 0.307 e. The van der Waals surface area contributed by atoms with E-state index in [1.807, 2.05) is 0 Å². The Bertz CT molecular complexity index is 642. The molecule has 8 heteroatoms. The lowest BCUT2D eigenvalue weighted by molar-refractivity contribution is -0.141. The fraction of sp³-hybridized carbons (Fsp3) is 0.462. The van der Waals surface area contributed by atoms with Crippen LogP contribution in [0.5, 0.6) is 11.5 Å². The standard InChI is InChI=1S/C13H17NO6S/c1-19-11-4-3-10(7-12(11)20-2)21(17,18)14-6-5-9(8-14)13(15)16/h3-4,7,9H,5-6,8H2,1-2H3,(H,15,16). The van der Waals surface area contributed by atoms with E-state index in [-0.39, 0.29) is 18.0 Å². The van der Waals surface area contributed by atoms with Gasteiger partial charge in [-0.25, -0.2) is 8.42 Å². The molecule has 1 aromatic rings. The fourth-order valence-electron chi connectivity index (χ4n) is 2.27. The third kappa shape index (κ3) is 2.96. The quantitative estimate of drug-likeness (QED) is 0.864. The van der Waals surface area contributed by atoms with Crippen LogP contribution in [-0.2, 0) is 14.8 Å². The topological polar surface area (TPSA) is 93.1 Å². The number of methoxy groups -OCH3 is 2. The summed E-state index contributed by atoms with van der Waals surface area (Å²) in [5, 5.41) is 8.96. The average Bonchev–Trinajstić information content (AvgIpc) is 2.97. The van der Waals surface area contributed by atoms with Gasteiger partial charge in [0.2, 0.25) is 10.0 Å². The molecule has 7 nitrogen and oxygen atoms in total. The van der Waals surface area contributed by atoms with Crippen molar-refractivity contribution < 1.29 is 27.8 Å². The molecule has 0 bridgehead atoms. The van der Waals surface area contributed by atoms with Crippen molar-refractivity contribution >= 4 is 16.0 Å². The van der Waals surface area contributed by atoms with Gasteiger partial charge >= 0.3 is 5.97 Å². The molecule has 1 N–H and O–H groups in total. The van der Waals surface area contributed by atoms with E-state index in [0.29, 0.717) is 17.9 Å². The Labute approximate surface area is 123 Å². The highest BCUT2D eigenvalue weighted by molar-refractivity contribution is 7.89. The number of carboxylic acids is 1. The Kier molecular flexibility index (Phi) is 4.38. The van der Waals surface area contributed by atoms with Gasteiger partial charge in [-0.2, -0.15) is 4.31 Å². The summed E-state index contributed by atoms with van der Waals surface area (Å²) in [6.45, 7) is 0.194. The molecular weight excluding hydrogens is 298 g/mol. The van der Waals surface area contributed by atoms with Gasteiger partial charge in [0.15, 0.2) is 11.5 Å². The fourth-order valence-corrected chi connectivity index (χ4v) is 3.79. The number of carboxylic acid groups (broad SMARTS) is 1. The van der Waals surface area contributed by atoms with Crippen molar-refractivity contribution in [1.82, 2.24) is 4.31 Å². The lowest BCUT2D eigenvalue weighted by atomic mass is 10.1. The van der Waals surface area contributed by atoms with Crippen molar-refractivity contribution in [2.24, 2.45) is 5.92 Å². The van der Waals surface area contributed by atoms with E-state index in [0.717, 1.165) is 0 Å². The molecule has 0 spiro atoms. The van der Waals surface area contributed by atoms with Crippen LogP contribution < -0.4 is 9.47 Å². The second kappa shape index (κ2) is 5.90. The molecule has 1 unspecified atom stereocenters. The Hall–Kier alpha value is -1.80. The first-order chi connectivity index (χ1) is 9.90. The van der Waals surface area contributed by atoms with E-state index in [1.165, 1.54) is 36.7 Å². The third-order valence-corrected chi connectivity index (χ3v) is 5.35. The Morgan fingerprint density at radius 2 is 1.95 bits per heavy atom. The van der Waals surface area contributed by atoms with Crippen LogP contribution in [-0.4, -0.2) is 51.1 Å². The number of rotatable bonds is 5. The van der Waals surface area contributed by atoms with Crippen LogP contribution >= 0.6 is 0 Å². The first-order valence-corrected chi connectivity index (χ1v) is 7.79. The number of hydrogen-bond donors (Lipinski definition) is 1. The Balaban J connectivity index is 2.30. The number of ether oxygens (including phenoxy) is 2. The van der Waals surface area contributed by atoms with Crippen molar-refractivity contribution in [1.29, 1.82) is 0 Å². The van der Waals surface area contributed by atoms with Crippen LogP contribution in [0.4, 0.5) is 0 Å². The van der Waals surface area contributed by atoms with Gasteiger partial charge in [-0.1, -0.05) is 0 Å². The van der Waals surface area contributed by atoms with Gasteiger partial charge in [-0.3, -0.25) is 4.79 Å². The summed E-state index contributed by atoms with van der Waals surface area (Å²) in [6, 6.07) is 4.31. The van der Waals surface area contributed by atoms with E-state index in [1.54, 1.807) is 0 Å². The minimum absolute atomic E-state index is 0.00793. The SMILES string of the molecule is COc1ccc(S(=O)(=O)N2CCC(C(=O)O)C2)cc1OC. The van der Waals surface area contributed by atoms with Crippen LogP contribution in [0.25, 0.3) is 0 Å². The molecule has 1 aromatic carbocycles. The highest BCUT2D eigenvalue weighted by Gasteiger charge is 2.36. The molecule has 0 aliphatic carbocycles. The normalized spacial score (nSPS) is 19.4. The monoisotopic (exact) mass is 315 g/mol. The van der Waals surface area contributed by atoms with Crippen molar-refractivity contribution in [2.75, 3.05) is 27.3 Å². The molecule has 1 heterocycles. The predicted molar refractivity (Wildman–Crippen MR) is 74.0 cm³/mol. The summed E-state index contributed by atoms with van der Waals surface area (Å²) in [5.74, 6) is -0.881. The summed E-state index contributed by atoms with van der Waals surface area (Å²) >= 11 is 0. The summed E-state index contributed by atoms with van der Waals surface area (Å²) in [6.07, 6.45) is 0.321. The number of sulfonamides is 1. The third-order valence-electron chi connectivity index (χ3n) is 3.49. The highest BCUT2D eigenvalue weighted by Crippen LogP contribution is 2.32. The molecule has 0 radical (unpaired) electrons. The maximum atomic E-state index is 12.5. The number of benzene rings is 1. The zero-order valence-electron chi connectivity index (χ0n) is 11.8. The lowest BCUT2D eigenvalue weighted by Crippen LogP contribution is -2.30. The Morgan fingerprint density at radius 1 is 1.29 bits per heavy atom. The van der Waals surface area contributed by atoms with Crippen molar-refractivity contribution in [2.45, 2.75) is 11.3 Å². The summed E-state index contributed by atoms with van der Waals surface area (Å²) < 4.78 is 36.4. The first-order valence-electron chi connectivity index (χ1n) is 6.35. The molecule has 1 fully saturated rings. The first kappa shape index (κ1) is 15.6. The molecule has 0 aromatic heterocycles. The molecule has 1 aliphatic heterocycles. The van der Waals surface area contributed by atoms with Gasteiger partial charge in [-0.15, -0.1) is 0 Å². The van der Waals surface area contributed by atoms with E-state index in [2.05, 4.69) is 0 Å². The van der Waals surface area contributed by atoms with Crippen LogP contribution in [0.3, 0.4) is 0 Å². The second-order valence-electron chi connectivity index (χ2n) is 4.70. The van der Waals surface area contributed by atoms with E-state index in [4.69, 9.17) is 14.6 Å². The zero-order valence-corrected chi connectivity index (χ0v) is 12.6. The van der Waals surface area contributed by atoms with Gasteiger partial charge in [0.25, 0.3) is 0 Å². The van der Waals surface area contributed by atoms with Gasteiger partial charge in [0.1, 0.15) is 0 Å². The van der Waals surface area contributed by atoms with E-state index >= 15 is 0 Å². The molecule has 116 valence electrons. The number of nitrogens with zero attached hydrogens (tertiary/aromatic N) is 1. The molecule has 21 heavy (non-hydrogen) atoms. The molecule has 1 saturated heterocycles. The number of hydrogen-bond acceptors (Lipinski definition) is 5. The van der Waals surface area contributed by atoms with Gasteiger partial charge < -0.3 is 14.6 Å². The summed E-state index contributed by atoms with van der Waals surface area (Å²) in [7, 11) is -0.845. The largest absolute Gasteiger partial charge is 0.493 e. The summed E-state index contributed by atoms with van der Waals surface area (Å²) in [5.41, 5.74) is 0. The highest BCUT2D eigenvalue weighted by atomic mass is 32.2. The van der Waals surface area contributed by atoms with Crippen LogP contribution in [0.15, 0.2) is 23.1 Å². The molecule has 1 atom stereocenters. The summed E-state index contributed by atoms with van der Waals surface area (Å²) in [4.78, 5) is 11.0. The van der Waals surface area contributed by atoms with Gasteiger partial charge in [-0.05, 0) is 18.6 Å². The molecular formula is C13H17NO6S. The van der Waals surface area contributed by atoms with Crippen LogP contribution in [0, 0.1) is 5.92 Å². The van der Waals surface area contributed by atoms with Crippen LogP contribution in [0.1, 0.15) is 6.42 Å².